The Kier molecular flexibility index (Phi) is 6.04. The number of nitro benzene ring substituents is 1. The summed E-state index contributed by atoms with van der Waals surface area (Å²) in [5.74, 6) is -1.06. The molecule has 1 heterocycles. The van der Waals surface area contributed by atoms with Gasteiger partial charge >= 0.3 is 0 Å². The number of hydrogen-bond acceptors (Lipinski definition) is 5. The van der Waals surface area contributed by atoms with Crippen molar-refractivity contribution < 1.29 is 19.3 Å². The first-order chi connectivity index (χ1) is 11.9. The van der Waals surface area contributed by atoms with Gasteiger partial charge in [-0.25, -0.2) is 0 Å². The Balaban J connectivity index is 1.91. The van der Waals surface area contributed by atoms with E-state index in [1.165, 1.54) is 30.1 Å². The number of rotatable bonds is 6. The molecule has 1 atom stereocenters. The van der Waals surface area contributed by atoms with Crippen molar-refractivity contribution in [1.82, 2.24) is 15.5 Å². The summed E-state index contributed by atoms with van der Waals surface area (Å²) in [6, 6.07) is 5.45. The fraction of sp³-hybridized carbons (Fsp3) is 0.438. The maximum atomic E-state index is 12.2. The Labute approximate surface area is 144 Å². The predicted octanol–water partition coefficient (Wildman–Crippen LogP) is -0.00950. The Morgan fingerprint density at radius 2 is 2.04 bits per heavy atom. The van der Waals surface area contributed by atoms with Crippen LogP contribution in [0, 0.1) is 10.1 Å². The van der Waals surface area contributed by atoms with E-state index in [9.17, 15) is 24.5 Å². The highest BCUT2D eigenvalue weighted by Crippen LogP contribution is 2.18. The molecule has 1 aromatic carbocycles. The number of nitro groups is 1. The second-order valence-corrected chi connectivity index (χ2v) is 5.70. The van der Waals surface area contributed by atoms with Crippen LogP contribution in [-0.4, -0.2) is 53.7 Å². The van der Waals surface area contributed by atoms with Crippen molar-refractivity contribution in [3.63, 3.8) is 0 Å². The lowest BCUT2D eigenvalue weighted by atomic mass is 10.1. The van der Waals surface area contributed by atoms with Crippen molar-refractivity contribution in [3.05, 3.63) is 39.9 Å². The lowest BCUT2D eigenvalue weighted by Gasteiger charge is -2.23. The van der Waals surface area contributed by atoms with Crippen molar-refractivity contribution in [2.24, 2.45) is 0 Å². The molecular weight excluding hydrogens is 328 g/mol. The average molecular weight is 348 g/mol. The van der Waals surface area contributed by atoms with Gasteiger partial charge in [0, 0.05) is 25.2 Å². The molecule has 1 aromatic rings. The lowest BCUT2D eigenvalue weighted by molar-refractivity contribution is -0.385. The second kappa shape index (κ2) is 8.22. The van der Waals surface area contributed by atoms with E-state index in [4.69, 9.17) is 0 Å². The molecule has 2 N–H and O–H groups in total. The molecule has 0 unspecified atom stereocenters. The number of carbonyl (C=O) groups is 3. The first kappa shape index (κ1) is 18.4. The van der Waals surface area contributed by atoms with E-state index in [-0.39, 0.29) is 36.0 Å². The molecule has 9 heteroatoms. The molecule has 0 spiro atoms. The van der Waals surface area contributed by atoms with Gasteiger partial charge in [0.05, 0.1) is 17.9 Å². The number of carbonyl (C=O) groups excluding carboxylic acids is 3. The van der Waals surface area contributed by atoms with Crippen LogP contribution in [0.4, 0.5) is 5.69 Å². The minimum Gasteiger partial charge on any atom is -0.357 e. The molecule has 0 saturated carbocycles. The average Bonchev–Trinajstić information content (AvgIpc) is 3.09. The van der Waals surface area contributed by atoms with Crippen LogP contribution in [0.1, 0.15) is 18.4 Å². The summed E-state index contributed by atoms with van der Waals surface area (Å²) < 4.78 is 0. The fourth-order valence-corrected chi connectivity index (χ4v) is 2.85. The number of benzene rings is 1. The monoisotopic (exact) mass is 348 g/mol. The summed E-state index contributed by atoms with van der Waals surface area (Å²) in [4.78, 5) is 47.8. The van der Waals surface area contributed by atoms with Crippen LogP contribution in [0.5, 0.6) is 0 Å². The van der Waals surface area contributed by atoms with Gasteiger partial charge in [-0.1, -0.05) is 18.2 Å². The summed E-state index contributed by atoms with van der Waals surface area (Å²) in [5.41, 5.74) is 0.144. The normalized spacial score (nSPS) is 16.4. The topological polar surface area (TPSA) is 122 Å². The Bertz CT molecular complexity index is 691. The van der Waals surface area contributed by atoms with Gasteiger partial charge in [-0.15, -0.1) is 0 Å². The van der Waals surface area contributed by atoms with Crippen LogP contribution in [0.3, 0.4) is 0 Å². The molecule has 1 aliphatic rings. The fourth-order valence-electron chi connectivity index (χ4n) is 2.85. The van der Waals surface area contributed by atoms with E-state index in [0.717, 1.165) is 6.42 Å². The first-order valence-corrected chi connectivity index (χ1v) is 7.94. The highest BCUT2D eigenvalue weighted by atomic mass is 16.6. The van der Waals surface area contributed by atoms with E-state index in [0.29, 0.717) is 13.0 Å². The van der Waals surface area contributed by atoms with Crippen LogP contribution in [0.25, 0.3) is 0 Å². The third-order valence-electron chi connectivity index (χ3n) is 4.10. The molecule has 3 amide bonds. The van der Waals surface area contributed by atoms with Gasteiger partial charge in [0.2, 0.25) is 17.7 Å². The standard InChI is InChI=1S/C16H20N4O5/c1-17-16(23)13-7-4-8-19(13)15(22)10-18-14(21)9-11-5-2-3-6-12(11)20(24)25/h2-3,5-6,13H,4,7-10H2,1H3,(H,17,23)(H,18,21)/t13-/m1/s1. The molecule has 1 aliphatic heterocycles. The van der Waals surface area contributed by atoms with Crippen molar-refractivity contribution in [3.8, 4) is 0 Å². The molecule has 25 heavy (non-hydrogen) atoms. The zero-order valence-electron chi connectivity index (χ0n) is 13.9. The maximum Gasteiger partial charge on any atom is 0.273 e. The summed E-state index contributed by atoms with van der Waals surface area (Å²) >= 11 is 0. The summed E-state index contributed by atoms with van der Waals surface area (Å²) in [7, 11) is 1.51. The largest absolute Gasteiger partial charge is 0.357 e. The van der Waals surface area contributed by atoms with Crippen LogP contribution in [0.2, 0.25) is 0 Å². The summed E-state index contributed by atoms with van der Waals surface area (Å²) in [6.07, 6.45) is 1.13. The van der Waals surface area contributed by atoms with Gasteiger partial charge in [-0.05, 0) is 12.8 Å². The zero-order chi connectivity index (χ0) is 18.4. The first-order valence-electron chi connectivity index (χ1n) is 7.94. The molecule has 9 nitrogen and oxygen atoms in total. The number of nitrogens with zero attached hydrogens (tertiary/aromatic N) is 2. The minimum atomic E-state index is -0.550. The molecule has 134 valence electrons. The Morgan fingerprint density at radius 3 is 2.72 bits per heavy atom. The summed E-state index contributed by atoms with van der Waals surface area (Å²) in [6.45, 7) is 0.226. The van der Waals surface area contributed by atoms with Gasteiger partial charge in [0.15, 0.2) is 0 Å². The van der Waals surface area contributed by atoms with Crippen LogP contribution in [-0.2, 0) is 20.8 Å². The number of para-hydroxylation sites is 1. The van der Waals surface area contributed by atoms with Crippen LogP contribution < -0.4 is 10.6 Å². The predicted molar refractivity (Wildman–Crippen MR) is 88.6 cm³/mol. The van der Waals surface area contributed by atoms with Crippen molar-refractivity contribution in [2.75, 3.05) is 20.1 Å². The number of likely N-dealkylation sites (N-methyl/N-ethyl adjacent to an activating group) is 1. The molecule has 0 radical (unpaired) electrons. The number of hydrogen-bond donors (Lipinski definition) is 2. The van der Waals surface area contributed by atoms with E-state index in [1.807, 2.05) is 0 Å². The number of amides is 3. The summed E-state index contributed by atoms with van der Waals surface area (Å²) in [5, 5.41) is 15.9. The molecule has 0 aromatic heterocycles. The highest BCUT2D eigenvalue weighted by Gasteiger charge is 2.33. The van der Waals surface area contributed by atoms with Crippen LogP contribution >= 0.6 is 0 Å². The van der Waals surface area contributed by atoms with Crippen molar-refractivity contribution in [1.29, 1.82) is 0 Å². The van der Waals surface area contributed by atoms with Gasteiger partial charge < -0.3 is 15.5 Å². The van der Waals surface area contributed by atoms with Gasteiger partial charge in [-0.2, -0.15) is 0 Å². The quantitative estimate of drug-likeness (QED) is 0.553. The van der Waals surface area contributed by atoms with E-state index in [1.54, 1.807) is 6.07 Å². The minimum absolute atomic E-state index is 0.136. The molecule has 1 saturated heterocycles. The van der Waals surface area contributed by atoms with Gasteiger partial charge in [0.25, 0.3) is 5.69 Å². The van der Waals surface area contributed by atoms with E-state index < -0.39 is 16.9 Å². The third-order valence-corrected chi connectivity index (χ3v) is 4.10. The smallest absolute Gasteiger partial charge is 0.273 e. The maximum absolute atomic E-state index is 12.2. The Morgan fingerprint density at radius 1 is 1.32 bits per heavy atom. The van der Waals surface area contributed by atoms with Crippen LogP contribution in [0.15, 0.2) is 24.3 Å². The van der Waals surface area contributed by atoms with Crippen molar-refractivity contribution in [2.45, 2.75) is 25.3 Å². The highest BCUT2D eigenvalue weighted by molar-refractivity contribution is 5.91. The molecular formula is C16H20N4O5. The molecule has 2 rings (SSSR count). The Hall–Kier alpha value is -2.97. The SMILES string of the molecule is CNC(=O)[C@H]1CCCN1C(=O)CNC(=O)Cc1ccccc1[N+](=O)[O-]. The molecule has 1 fully saturated rings. The number of nitrogens with one attached hydrogen (secondary N) is 2. The molecule has 0 bridgehead atoms. The van der Waals surface area contributed by atoms with Crippen molar-refractivity contribution >= 4 is 23.4 Å². The van der Waals surface area contributed by atoms with Gasteiger partial charge in [0.1, 0.15) is 6.04 Å². The lowest BCUT2D eigenvalue weighted by Crippen LogP contribution is -2.48. The zero-order valence-corrected chi connectivity index (χ0v) is 13.9. The van der Waals surface area contributed by atoms with Gasteiger partial charge in [-0.3, -0.25) is 24.5 Å². The van der Waals surface area contributed by atoms with E-state index in [2.05, 4.69) is 10.6 Å². The van der Waals surface area contributed by atoms with E-state index >= 15 is 0 Å². The second-order valence-electron chi connectivity index (χ2n) is 5.70. The molecule has 0 aliphatic carbocycles. The number of likely N-dealkylation sites (tertiary alicyclic amines) is 1. The third kappa shape index (κ3) is 4.52.